The van der Waals surface area contributed by atoms with Crippen molar-refractivity contribution in [2.45, 2.75) is 31.3 Å². The Kier molecular flexibility index (Phi) is 5.58. The zero-order valence-corrected chi connectivity index (χ0v) is 10.5. The molecule has 0 spiro atoms. The van der Waals surface area contributed by atoms with Crippen molar-refractivity contribution in [2.24, 2.45) is 5.92 Å². The van der Waals surface area contributed by atoms with Gasteiger partial charge in [0.25, 0.3) is 0 Å². The lowest BCUT2D eigenvalue weighted by atomic mass is 9.92. The Hall–Kier alpha value is -0.430. The molecule has 1 amide bonds. The molecular formula is C10H17F3N2OS. The highest BCUT2D eigenvalue weighted by atomic mass is 32.2. The standard InChI is InChI=1S/C10H17F3N2OS/c1-7-3-2-4-14-8(7)9(16)15-5-6-17-10(11,12)13/h7-8,14H,2-6H2,1H3,(H,15,16). The highest BCUT2D eigenvalue weighted by Gasteiger charge is 2.29. The number of hydrogen-bond donors (Lipinski definition) is 2. The smallest absolute Gasteiger partial charge is 0.354 e. The largest absolute Gasteiger partial charge is 0.441 e. The molecule has 2 N–H and O–H groups in total. The van der Waals surface area contributed by atoms with Gasteiger partial charge in [0.15, 0.2) is 0 Å². The molecule has 7 heteroatoms. The molecule has 0 aromatic carbocycles. The van der Waals surface area contributed by atoms with Crippen molar-refractivity contribution < 1.29 is 18.0 Å². The van der Waals surface area contributed by atoms with Crippen LogP contribution in [0.5, 0.6) is 0 Å². The second-order valence-corrected chi connectivity index (χ2v) is 5.30. The van der Waals surface area contributed by atoms with Crippen LogP contribution in [-0.4, -0.2) is 36.3 Å². The molecule has 0 bridgehead atoms. The minimum Gasteiger partial charge on any atom is -0.354 e. The van der Waals surface area contributed by atoms with Crippen LogP contribution in [0.2, 0.25) is 0 Å². The van der Waals surface area contributed by atoms with E-state index in [1.165, 1.54) is 0 Å². The molecule has 17 heavy (non-hydrogen) atoms. The molecule has 0 aromatic heterocycles. The Morgan fingerprint density at radius 1 is 1.53 bits per heavy atom. The fraction of sp³-hybridized carbons (Fsp3) is 0.900. The number of amides is 1. The Morgan fingerprint density at radius 2 is 2.24 bits per heavy atom. The third kappa shape index (κ3) is 5.63. The third-order valence-electron chi connectivity index (χ3n) is 2.72. The van der Waals surface area contributed by atoms with Gasteiger partial charge >= 0.3 is 5.51 Å². The number of alkyl halides is 3. The van der Waals surface area contributed by atoms with Gasteiger partial charge in [0.2, 0.25) is 5.91 Å². The van der Waals surface area contributed by atoms with E-state index in [0.29, 0.717) is 0 Å². The molecule has 1 saturated heterocycles. The molecule has 0 radical (unpaired) electrons. The number of hydrogen-bond acceptors (Lipinski definition) is 3. The third-order valence-corrected chi connectivity index (χ3v) is 3.45. The number of carbonyl (C=O) groups excluding carboxylic acids is 1. The SMILES string of the molecule is CC1CCCNC1C(=O)NCCSC(F)(F)F. The van der Waals surface area contributed by atoms with Crippen molar-refractivity contribution >= 4 is 17.7 Å². The van der Waals surface area contributed by atoms with E-state index >= 15 is 0 Å². The fourth-order valence-corrected chi connectivity index (χ4v) is 2.29. The zero-order valence-electron chi connectivity index (χ0n) is 9.64. The minimum absolute atomic E-state index is 0.0495. The molecule has 1 aliphatic heterocycles. The fourth-order valence-electron chi connectivity index (χ4n) is 1.85. The van der Waals surface area contributed by atoms with E-state index in [0.717, 1.165) is 19.4 Å². The average Bonchev–Trinajstić information content (AvgIpc) is 2.23. The van der Waals surface area contributed by atoms with Crippen LogP contribution in [0.25, 0.3) is 0 Å². The Morgan fingerprint density at radius 3 is 2.82 bits per heavy atom. The lowest BCUT2D eigenvalue weighted by molar-refractivity contribution is -0.124. The van der Waals surface area contributed by atoms with Crippen LogP contribution in [-0.2, 0) is 4.79 Å². The van der Waals surface area contributed by atoms with Gasteiger partial charge in [0.05, 0.1) is 6.04 Å². The highest BCUT2D eigenvalue weighted by Crippen LogP contribution is 2.29. The summed E-state index contributed by atoms with van der Waals surface area (Å²) in [5.74, 6) is -0.102. The summed E-state index contributed by atoms with van der Waals surface area (Å²) in [6.07, 6.45) is 2.01. The predicted molar refractivity (Wildman–Crippen MR) is 61.7 cm³/mol. The molecule has 2 atom stereocenters. The maximum absolute atomic E-state index is 11.8. The first-order valence-electron chi connectivity index (χ1n) is 5.62. The molecule has 1 rings (SSSR count). The van der Waals surface area contributed by atoms with Gasteiger partial charge in [-0.3, -0.25) is 4.79 Å². The summed E-state index contributed by atoms with van der Waals surface area (Å²) < 4.78 is 35.5. The van der Waals surface area contributed by atoms with Gasteiger partial charge in [0.1, 0.15) is 0 Å². The van der Waals surface area contributed by atoms with Gasteiger partial charge in [-0.1, -0.05) is 6.92 Å². The number of carbonyl (C=O) groups is 1. The van der Waals surface area contributed by atoms with Crippen LogP contribution in [0.1, 0.15) is 19.8 Å². The van der Waals surface area contributed by atoms with Crippen molar-refractivity contribution in [1.82, 2.24) is 10.6 Å². The Labute approximate surface area is 103 Å². The lowest BCUT2D eigenvalue weighted by Gasteiger charge is -2.28. The Balaban J connectivity index is 2.20. The van der Waals surface area contributed by atoms with E-state index in [2.05, 4.69) is 10.6 Å². The summed E-state index contributed by atoms with van der Waals surface area (Å²) in [4.78, 5) is 11.7. The molecule has 1 heterocycles. The van der Waals surface area contributed by atoms with Crippen molar-refractivity contribution in [1.29, 1.82) is 0 Å². The quantitative estimate of drug-likeness (QED) is 0.765. The van der Waals surface area contributed by atoms with Gasteiger partial charge in [-0.15, -0.1) is 0 Å². The van der Waals surface area contributed by atoms with Crippen LogP contribution >= 0.6 is 11.8 Å². The number of rotatable bonds is 4. The monoisotopic (exact) mass is 270 g/mol. The minimum atomic E-state index is -4.22. The molecule has 1 aliphatic rings. The topological polar surface area (TPSA) is 41.1 Å². The van der Waals surface area contributed by atoms with Crippen LogP contribution in [0.3, 0.4) is 0 Å². The lowest BCUT2D eigenvalue weighted by Crippen LogP contribution is -2.51. The Bertz CT molecular complexity index is 260. The summed E-state index contributed by atoms with van der Waals surface area (Å²) in [7, 11) is 0. The van der Waals surface area contributed by atoms with Crippen molar-refractivity contribution in [3.8, 4) is 0 Å². The van der Waals surface area contributed by atoms with Crippen LogP contribution in [0.15, 0.2) is 0 Å². The first-order valence-corrected chi connectivity index (χ1v) is 6.60. The van der Waals surface area contributed by atoms with Crippen LogP contribution in [0.4, 0.5) is 13.2 Å². The zero-order chi connectivity index (χ0) is 12.9. The van der Waals surface area contributed by atoms with Gasteiger partial charge in [-0.05, 0) is 37.1 Å². The summed E-state index contributed by atoms with van der Waals surface area (Å²) >= 11 is -0.112. The van der Waals surface area contributed by atoms with E-state index in [1.807, 2.05) is 6.92 Å². The van der Waals surface area contributed by atoms with E-state index in [1.54, 1.807) is 0 Å². The van der Waals surface area contributed by atoms with E-state index in [9.17, 15) is 18.0 Å². The van der Waals surface area contributed by atoms with E-state index in [-0.39, 0.29) is 41.9 Å². The molecule has 100 valence electrons. The van der Waals surface area contributed by atoms with Gasteiger partial charge in [-0.2, -0.15) is 13.2 Å². The molecule has 3 nitrogen and oxygen atoms in total. The molecule has 0 saturated carbocycles. The second-order valence-electron chi connectivity index (χ2n) is 4.14. The van der Waals surface area contributed by atoms with Gasteiger partial charge in [0, 0.05) is 12.3 Å². The van der Waals surface area contributed by atoms with Crippen molar-refractivity contribution in [3.05, 3.63) is 0 Å². The molecule has 0 aliphatic carbocycles. The highest BCUT2D eigenvalue weighted by molar-refractivity contribution is 8.00. The normalized spacial score (nSPS) is 25.6. The molecular weight excluding hydrogens is 253 g/mol. The number of thioether (sulfide) groups is 1. The number of halogens is 3. The summed E-state index contributed by atoms with van der Waals surface area (Å²) in [5, 5.41) is 5.62. The maximum Gasteiger partial charge on any atom is 0.441 e. The predicted octanol–water partition coefficient (Wildman–Crippen LogP) is 1.74. The van der Waals surface area contributed by atoms with Crippen LogP contribution < -0.4 is 10.6 Å². The first kappa shape index (κ1) is 14.6. The summed E-state index contributed by atoms with van der Waals surface area (Å²) in [5.41, 5.74) is -4.22. The first-order chi connectivity index (χ1) is 7.90. The van der Waals surface area contributed by atoms with E-state index in [4.69, 9.17) is 0 Å². The van der Waals surface area contributed by atoms with Gasteiger partial charge in [-0.25, -0.2) is 0 Å². The summed E-state index contributed by atoms with van der Waals surface area (Å²) in [6, 6.07) is -0.264. The van der Waals surface area contributed by atoms with Gasteiger partial charge < -0.3 is 10.6 Å². The number of nitrogens with one attached hydrogen (secondary N) is 2. The summed E-state index contributed by atoms with van der Waals surface area (Å²) in [6.45, 7) is 2.81. The second kappa shape index (κ2) is 6.49. The number of piperidine rings is 1. The maximum atomic E-state index is 11.8. The van der Waals surface area contributed by atoms with Crippen molar-refractivity contribution in [3.63, 3.8) is 0 Å². The van der Waals surface area contributed by atoms with E-state index < -0.39 is 5.51 Å². The van der Waals surface area contributed by atoms with Crippen LogP contribution in [0, 0.1) is 5.92 Å². The molecule has 2 unspecified atom stereocenters. The van der Waals surface area contributed by atoms with Crippen molar-refractivity contribution in [2.75, 3.05) is 18.8 Å². The molecule has 0 aromatic rings. The molecule has 1 fully saturated rings. The average molecular weight is 270 g/mol.